The number of hydrogen-bond acceptors (Lipinski definition) is 3. The fourth-order valence-electron chi connectivity index (χ4n) is 3.49. The summed E-state index contributed by atoms with van der Waals surface area (Å²) in [7, 11) is 0. The highest BCUT2D eigenvalue weighted by Crippen LogP contribution is 2.34. The Morgan fingerprint density at radius 1 is 1.16 bits per heavy atom. The lowest BCUT2D eigenvalue weighted by Gasteiger charge is -2.37. The number of thioether (sulfide) groups is 1. The number of rotatable bonds is 5. The Morgan fingerprint density at radius 3 is 2.32 bits per heavy atom. The predicted molar refractivity (Wildman–Crippen MR) is 103 cm³/mol. The Balaban J connectivity index is 1.95. The van der Waals surface area contributed by atoms with Gasteiger partial charge in [0.2, 0.25) is 0 Å². The summed E-state index contributed by atoms with van der Waals surface area (Å²) in [6.45, 7) is 1.48. The number of halogens is 1. The second-order valence-electron chi connectivity index (χ2n) is 6.40. The highest BCUT2D eigenvalue weighted by molar-refractivity contribution is 7.98. The highest BCUT2D eigenvalue weighted by atomic mass is 35.5. The Bertz CT molecular complexity index is 717. The minimum absolute atomic E-state index is 0.0512. The maximum Gasteiger partial charge on any atom is 0.307 e. The minimum Gasteiger partial charge on any atom is -0.481 e. The van der Waals surface area contributed by atoms with Crippen LogP contribution in [0.4, 0.5) is 0 Å². The lowest BCUT2D eigenvalue weighted by Crippen LogP contribution is -2.41. The summed E-state index contributed by atoms with van der Waals surface area (Å²) in [6, 6.07) is 16.5. The molecule has 0 saturated carbocycles. The first-order valence-electron chi connectivity index (χ1n) is 8.44. The van der Waals surface area contributed by atoms with E-state index in [1.54, 1.807) is 11.8 Å². The average Bonchev–Trinajstić information content (AvgIpc) is 2.64. The van der Waals surface area contributed by atoms with Gasteiger partial charge < -0.3 is 5.11 Å². The number of carboxylic acid groups (broad SMARTS) is 1. The lowest BCUT2D eigenvalue weighted by molar-refractivity contribution is -0.143. The van der Waals surface area contributed by atoms with Gasteiger partial charge in [0.25, 0.3) is 0 Å². The molecular weight excluding hydrogens is 354 g/mol. The molecule has 1 fully saturated rings. The zero-order chi connectivity index (χ0) is 17.8. The maximum atomic E-state index is 11.5. The Kier molecular flexibility index (Phi) is 6.05. The van der Waals surface area contributed by atoms with E-state index in [-0.39, 0.29) is 12.0 Å². The van der Waals surface area contributed by atoms with E-state index in [1.807, 2.05) is 24.3 Å². The van der Waals surface area contributed by atoms with Crippen molar-refractivity contribution in [3.05, 3.63) is 64.7 Å². The largest absolute Gasteiger partial charge is 0.481 e. The molecule has 2 atom stereocenters. The van der Waals surface area contributed by atoms with Gasteiger partial charge in [-0.1, -0.05) is 35.9 Å². The number of benzene rings is 2. The number of aliphatic carboxylic acids is 1. The third-order valence-electron chi connectivity index (χ3n) is 4.78. The van der Waals surface area contributed by atoms with Crippen LogP contribution in [-0.2, 0) is 4.79 Å². The normalized spacial score (nSPS) is 19.5. The van der Waals surface area contributed by atoms with E-state index in [9.17, 15) is 9.90 Å². The van der Waals surface area contributed by atoms with Crippen molar-refractivity contribution in [1.29, 1.82) is 0 Å². The van der Waals surface area contributed by atoms with Gasteiger partial charge in [-0.15, -0.1) is 11.8 Å². The molecule has 1 aliphatic rings. The zero-order valence-corrected chi connectivity index (χ0v) is 15.8. The molecule has 0 amide bonds. The van der Waals surface area contributed by atoms with Crippen molar-refractivity contribution in [2.24, 2.45) is 5.92 Å². The average molecular weight is 376 g/mol. The van der Waals surface area contributed by atoms with Crippen molar-refractivity contribution < 1.29 is 9.90 Å². The van der Waals surface area contributed by atoms with Crippen molar-refractivity contribution in [2.75, 3.05) is 19.3 Å². The molecule has 25 heavy (non-hydrogen) atoms. The number of piperidine rings is 1. The van der Waals surface area contributed by atoms with Gasteiger partial charge in [-0.3, -0.25) is 9.69 Å². The van der Waals surface area contributed by atoms with E-state index in [0.717, 1.165) is 24.9 Å². The molecule has 5 heteroatoms. The molecule has 2 aromatic rings. The second-order valence-corrected chi connectivity index (χ2v) is 7.72. The van der Waals surface area contributed by atoms with Crippen LogP contribution in [-0.4, -0.2) is 35.3 Å². The molecule has 2 aromatic carbocycles. The van der Waals surface area contributed by atoms with Crippen molar-refractivity contribution in [2.45, 2.75) is 23.8 Å². The topological polar surface area (TPSA) is 40.5 Å². The third kappa shape index (κ3) is 4.38. The summed E-state index contributed by atoms with van der Waals surface area (Å²) in [5.74, 6) is -0.994. The van der Waals surface area contributed by atoms with Gasteiger partial charge >= 0.3 is 5.97 Å². The molecule has 3 nitrogen and oxygen atoms in total. The Morgan fingerprint density at radius 2 is 1.76 bits per heavy atom. The molecular formula is C20H22ClNO2S. The molecule has 2 unspecified atom stereocenters. The van der Waals surface area contributed by atoms with E-state index in [4.69, 9.17) is 11.6 Å². The van der Waals surface area contributed by atoms with Crippen LogP contribution in [0.25, 0.3) is 0 Å². The molecule has 0 aliphatic carbocycles. The van der Waals surface area contributed by atoms with Gasteiger partial charge in [0.05, 0.1) is 12.0 Å². The number of carboxylic acids is 1. The Labute approximate surface area is 158 Å². The van der Waals surface area contributed by atoms with Crippen LogP contribution in [0, 0.1) is 5.92 Å². The number of hydrogen-bond donors (Lipinski definition) is 1. The lowest BCUT2D eigenvalue weighted by atomic mass is 9.91. The standard InChI is InChI=1S/C20H22ClNO2S/c1-25-18-10-6-15(7-11-18)19(14-4-8-17(21)9-5-14)22-12-2-3-16(13-22)20(23)24/h4-11,16,19H,2-3,12-13H2,1H3,(H,23,24). The van der Waals surface area contributed by atoms with Gasteiger partial charge in [0, 0.05) is 16.5 Å². The molecule has 1 N–H and O–H groups in total. The molecule has 0 spiro atoms. The van der Waals surface area contributed by atoms with Crippen molar-refractivity contribution in [3.63, 3.8) is 0 Å². The minimum atomic E-state index is -0.697. The zero-order valence-electron chi connectivity index (χ0n) is 14.2. The van der Waals surface area contributed by atoms with Crippen LogP contribution in [0.3, 0.4) is 0 Å². The summed E-state index contributed by atoms with van der Waals surface area (Å²) in [6.07, 6.45) is 3.72. The van der Waals surface area contributed by atoms with Crippen LogP contribution in [0.1, 0.15) is 30.0 Å². The maximum absolute atomic E-state index is 11.5. The van der Waals surface area contributed by atoms with Gasteiger partial charge in [0.1, 0.15) is 0 Å². The van der Waals surface area contributed by atoms with Gasteiger partial charge in [0.15, 0.2) is 0 Å². The smallest absolute Gasteiger partial charge is 0.307 e. The number of likely N-dealkylation sites (tertiary alicyclic amines) is 1. The van der Waals surface area contributed by atoms with Crippen LogP contribution in [0.15, 0.2) is 53.4 Å². The molecule has 1 heterocycles. The summed E-state index contributed by atoms with van der Waals surface area (Å²) in [5.41, 5.74) is 2.33. The van der Waals surface area contributed by atoms with E-state index < -0.39 is 5.97 Å². The predicted octanol–water partition coefficient (Wildman–Crippen LogP) is 4.95. The Hall–Kier alpha value is -1.49. The molecule has 1 saturated heterocycles. The van der Waals surface area contributed by atoms with Crippen molar-refractivity contribution in [1.82, 2.24) is 4.90 Å². The first kappa shape index (κ1) is 18.3. The van der Waals surface area contributed by atoms with Crippen LogP contribution in [0.5, 0.6) is 0 Å². The van der Waals surface area contributed by atoms with E-state index in [0.29, 0.717) is 11.6 Å². The molecule has 0 aromatic heterocycles. The van der Waals surface area contributed by atoms with Gasteiger partial charge in [-0.25, -0.2) is 0 Å². The molecule has 3 rings (SSSR count). The van der Waals surface area contributed by atoms with Gasteiger partial charge in [-0.05, 0) is 61.0 Å². The third-order valence-corrected chi connectivity index (χ3v) is 5.78. The van der Waals surface area contributed by atoms with Crippen LogP contribution < -0.4 is 0 Å². The van der Waals surface area contributed by atoms with Gasteiger partial charge in [-0.2, -0.15) is 0 Å². The van der Waals surface area contributed by atoms with E-state index in [1.165, 1.54) is 10.5 Å². The summed E-state index contributed by atoms with van der Waals surface area (Å²) in [5, 5.41) is 10.1. The SMILES string of the molecule is CSc1ccc(C(c2ccc(Cl)cc2)N2CCCC(C(=O)O)C2)cc1. The van der Waals surface area contributed by atoms with Crippen LogP contribution in [0.2, 0.25) is 5.02 Å². The quantitative estimate of drug-likeness (QED) is 0.751. The molecule has 0 radical (unpaired) electrons. The van der Waals surface area contributed by atoms with Crippen molar-refractivity contribution >= 4 is 29.3 Å². The first-order valence-corrected chi connectivity index (χ1v) is 10.0. The highest BCUT2D eigenvalue weighted by Gasteiger charge is 2.31. The number of nitrogens with zero attached hydrogens (tertiary/aromatic N) is 1. The second kappa shape index (κ2) is 8.26. The van der Waals surface area contributed by atoms with Crippen LogP contribution >= 0.6 is 23.4 Å². The molecule has 0 bridgehead atoms. The molecule has 132 valence electrons. The summed E-state index contributed by atoms with van der Waals surface area (Å²) >= 11 is 7.78. The fourth-order valence-corrected chi connectivity index (χ4v) is 4.02. The first-order chi connectivity index (χ1) is 12.1. The summed E-state index contributed by atoms with van der Waals surface area (Å²) < 4.78 is 0. The summed E-state index contributed by atoms with van der Waals surface area (Å²) in [4.78, 5) is 15.0. The van der Waals surface area contributed by atoms with Crippen molar-refractivity contribution in [3.8, 4) is 0 Å². The molecule has 1 aliphatic heterocycles. The number of carbonyl (C=O) groups is 1. The van der Waals surface area contributed by atoms with E-state index >= 15 is 0 Å². The van der Waals surface area contributed by atoms with E-state index in [2.05, 4.69) is 35.4 Å². The fraction of sp³-hybridized carbons (Fsp3) is 0.350. The monoisotopic (exact) mass is 375 g/mol.